The molecule has 1 aliphatic heterocycles. The predicted octanol–water partition coefficient (Wildman–Crippen LogP) is 3.00. The normalized spacial score (nSPS) is 15.6. The van der Waals surface area contributed by atoms with Crippen molar-refractivity contribution in [3.05, 3.63) is 59.2 Å². The van der Waals surface area contributed by atoms with E-state index < -0.39 is 0 Å². The summed E-state index contributed by atoms with van der Waals surface area (Å²) in [6.07, 6.45) is 0.715. The molecule has 3 rings (SSSR count). The minimum Gasteiger partial charge on any atom is -0.489 e. The summed E-state index contributed by atoms with van der Waals surface area (Å²) in [5.41, 5.74) is 8.21. The number of methoxy groups -OCH3 is 1. The molecule has 0 aliphatic carbocycles. The molecular formula is C18H18N2O3S. The van der Waals surface area contributed by atoms with Gasteiger partial charge < -0.3 is 15.2 Å². The molecule has 124 valence electrons. The van der Waals surface area contributed by atoms with Gasteiger partial charge in [-0.1, -0.05) is 18.2 Å². The Balaban J connectivity index is 1.69. The number of amidine groups is 1. The van der Waals surface area contributed by atoms with Crippen molar-refractivity contribution in [1.82, 2.24) is 0 Å². The predicted molar refractivity (Wildman–Crippen MR) is 93.8 cm³/mol. The third-order valence-electron chi connectivity index (χ3n) is 3.87. The number of benzene rings is 2. The first kappa shape index (κ1) is 16.4. The van der Waals surface area contributed by atoms with Gasteiger partial charge in [0.2, 0.25) is 0 Å². The van der Waals surface area contributed by atoms with Crippen LogP contribution in [0.2, 0.25) is 0 Å². The summed E-state index contributed by atoms with van der Waals surface area (Å²) >= 11 is 1.61. The minimum absolute atomic E-state index is 0.0101. The Morgan fingerprint density at radius 1 is 1.29 bits per heavy atom. The fourth-order valence-corrected chi connectivity index (χ4v) is 3.73. The standard InChI is InChI=1S/C18H18N2O3S/c1-22-18(21)12-7-5-11(6-8-12)10-23-14-3-2-4-15-13(14)9-16(24-15)17(19)20/h2-8,16H,9-10H2,1H3,(H3,19,20). The van der Waals surface area contributed by atoms with Crippen LogP contribution < -0.4 is 10.5 Å². The highest BCUT2D eigenvalue weighted by molar-refractivity contribution is 8.01. The van der Waals surface area contributed by atoms with Crippen LogP contribution in [0, 0.1) is 5.41 Å². The fraction of sp³-hybridized carbons (Fsp3) is 0.222. The number of nitrogens with one attached hydrogen (secondary N) is 1. The van der Waals surface area contributed by atoms with E-state index >= 15 is 0 Å². The summed E-state index contributed by atoms with van der Waals surface area (Å²) in [5.74, 6) is 0.664. The molecule has 5 nitrogen and oxygen atoms in total. The summed E-state index contributed by atoms with van der Waals surface area (Å²) in [7, 11) is 1.36. The molecule has 1 atom stereocenters. The molecule has 0 saturated heterocycles. The molecule has 0 fully saturated rings. The second kappa shape index (κ2) is 6.97. The molecule has 0 radical (unpaired) electrons. The second-order valence-corrected chi connectivity index (χ2v) is 6.72. The first-order chi connectivity index (χ1) is 11.6. The van der Waals surface area contributed by atoms with Crippen molar-refractivity contribution in [3.8, 4) is 5.75 Å². The first-order valence-electron chi connectivity index (χ1n) is 7.51. The highest BCUT2D eigenvalue weighted by atomic mass is 32.2. The van der Waals surface area contributed by atoms with Crippen LogP contribution in [0.5, 0.6) is 5.75 Å². The maximum absolute atomic E-state index is 11.4. The Morgan fingerprint density at radius 2 is 2.04 bits per heavy atom. The van der Waals surface area contributed by atoms with Crippen molar-refractivity contribution < 1.29 is 14.3 Å². The van der Waals surface area contributed by atoms with Crippen LogP contribution in [-0.2, 0) is 17.8 Å². The monoisotopic (exact) mass is 342 g/mol. The molecule has 24 heavy (non-hydrogen) atoms. The third kappa shape index (κ3) is 3.38. The average molecular weight is 342 g/mol. The molecule has 1 heterocycles. The zero-order chi connectivity index (χ0) is 17.1. The second-order valence-electron chi connectivity index (χ2n) is 5.48. The molecule has 1 aliphatic rings. The first-order valence-corrected chi connectivity index (χ1v) is 8.39. The molecule has 0 aromatic heterocycles. The largest absolute Gasteiger partial charge is 0.489 e. The van der Waals surface area contributed by atoms with Gasteiger partial charge >= 0.3 is 5.97 Å². The number of hydrogen-bond donors (Lipinski definition) is 2. The van der Waals surface area contributed by atoms with Crippen molar-refractivity contribution in [3.63, 3.8) is 0 Å². The number of hydrogen-bond acceptors (Lipinski definition) is 5. The maximum atomic E-state index is 11.4. The maximum Gasteiger partial charge on any atom is 0.337 e. The molecule has 1 unspecified atom stereocenters. The van der Waals surface area contributed by atoms with Crippen LogP contribution >= 0.6 is 11.8 Å². The van der Waals surface area contributed by atoms with Gasteiger partial charge in [-0.05, 0) is 36.2 Å². The van der Waals surface area contributed by atoms with Gasteiger partial charge in [0.15, 0.2) is 0 Å². The molecule has 6 heteroatoms. The lowest BCUT2D eigenvalue weighted by atomic mass is 10.1. The van der Waals surface area contributed by atoms with Gasteiger partial charge in [0.05, 0.1) is 17.9 Å². The van der Waals surface area contributed by atoms with Crippen molar-refractivity contribution in [2.75, 3.05) is 7.11 Å². The van der Waals surface area contributed by atoms with Crippen LogP contribution in [0.15, 0.2) is 47.4 Å². The van der Waals surface area contributed by atoms with Crippen LogP contribution in [0.1, 0.15) is 21.5 Å². The Kier molecular flexibility index (Phi) is 4.76. The van der Waals surface area contributed by atoms with Crippen molar-refractivity contribution in [2.45, 2.75) is 23.2 Å². The molecule has 2 aromatic rings. The zero-order valence-corrected chi connectivity index (χ0v) is 14.1. The van der Waals surface area contributed by atoms with Gasteiger partial charge in [-0.25, -0.2) is 4.79 Å². The van der Waals surface area contributed by atoms with Gasteiger partial charge in [0.1, 0.15) is 18.2 Å². The lowest BCUT2D eigenvalue weighted by molar-refractivity contribution is 0.0600. The summed E-state index contributed by atoms with van der Waals surface area (Å²) in [6, 6.07) is 13.1. The zero-order valence-electron chi connectivity index (χ0n) is 13.2. The number of nitrogens with two attached hydrogens (primary N) is 1. The van der Waals surface area contributed by atoms with Crippen LogP contribution in [0.3, 0.4) is 0 Å². The van der Waals surface area contributed by atoms with E-state index in [1.54, 1.807) is 23.9 Å². The Morgan fingerprint density at radius 3 is 2.71 bits per heavy atom. The molecule has 0 amide bonds. The number of ether oxygens (including phenoxy) is 2. The van der Waals surface area contributed by atoms with Crippen LogP contribution in [-0.4, -0.2) is 24.2 Å². The van der Waals surface area contributed by atoms with E-state index in [0.29, 0.717) is 18.6 Å². The number of esters is 1. The minimum atomic E-state index is -0.351. The molecular weight excluding hydrogens is 324 g/mol. The van der Waals surface area contributed by atoms with E-state index in [4.69, 9.17) is 15.9 Å². The van der Waals surface area contributed by atoms with E-state index in [9.17, 15) is 4.79 Å². The number of thioether (sulfide) groups is 1. The van der Waals surface area contributed by atoms with E-state index in [1.807, 2.05) is 30.3 Å². The fourth-order valence-electron chi connectivity index (χ4n) is 2.56. The summed E-state index contributed by atoms with van der Waals surface area (Å²) in [4.78, 5) is 12.6. The molecule has 2 aromatic carbocycles. The summed E-state index contributed by atoms with van der Waals surface area (Å²) in [5, 5.41) is 7.61. The number of rotatable bonds is 5. The summed E-state index contributed by atoms with van der Waals surface area (Å²) in [6.45, 7) is 0.410. The van der Waals surface area contributed by atoms with Gasteiger partial charge in [-0.15, -0.1) is 11.8 Å². The topological polar surface area (TPSA) is 85.4 Å². The highest BCUT2D eigenvalue weighted by Gasteiger charge is 2.27. The lowest BCUT2D eigenvalue weighted by Gasteiger charge is -2.11. The van der Waals surface area contributed by atoms with E-state index in [1.165, 1.54) is 7.11 Å². The number of fused-ring (bicyclic) bond motifs is 1. The van der Waals surface area contributed by atoms with E-state index in [-0.39, 0.29) is 17.1 Å². The molecule has 0 spiro atoms. The molecule has 0 saturated carbocycles. The van der Waals surface area contributed by atoms with Gasteiger partial charge in [0.25, 0.3) is 0 Å². The Hall–Kier alpha value is -2.47. The Bertz CT molecular complexity index is 774. The third-order valence-corrected chi connectivity index (χ3v) is 5.21. The van der Waals surface area contributed by atoms with Crippen LogP contribution in [0.4, 0.5) is 0 Å². The van der Waals surface area contributed by atoms with Crippen molar-refractivity contribution in [2.24, 2.45) is 5.73 Å². The number of carbonyl (C=O) groups is 1. The quantitative estimate of drug-likeness (QED) is 0.496. The highest BCUT2D eigenvalue weighted by Crippen LogP contribution is 2.41. The van der Waals surface area contributed by atoms with Gasteiger partial charge in [-0.2, -0.15) is 0 Å². The van der Waals surface area contributed by atoms with E-state index in [2.05, 4.69) is 4.74 Å². The molecule has 0 bridgehead atoms. The van der Waals surface area contributed by atoms with E-state index in [0.717, 1.165) is 21.8 Å². The van der Waals surface area contributed by atoms with Gasteiger partial charge in [-0.3, -0.25) is 5.41 Å². The van der Waals surface area contributed by atoms with Gasteiger partial charge in [0, 0.05) is 10.5 Å². The average Bonchev–Trinajstić information content (AvgIpc) is 3.05. The number of carbonyl (C=O) groups excluding carboxylic acids is 1. The summed E-state index contributed by atoms with van der Waals surface area (Å²) < 4.78 is 10.6. The van der Waals surface area contributed by atoms with Crippen LogP contribution in [0.25, 0.3) is 0 Å². The molecule has 3 N–H and O–H groups in total. The smallest absolute Gasteiger partial charge is 0.337 e. The van der Waals surface area contributed by atoms with Crippen molar-refractivity contribution in [1.29, 1.82) is 5.41 Å². The van der Waals surface area contributed by atoms with Crippen molar-refractivity contribution >= 4 is 23.6 Å². The lowest BCUT2D eigenvalue weighted by Crippen LogP contribution is -2.24. The Labute approximate surface area is 144 Å². The SMILES string of the molecule is COC(=O)c1ccc(COc2cccc3c2CC(C(=N)N)S3)cc1.